The van der Waals surface area contributed by atoms with Crippen LogP contribution in [-0.2, 0) is 4.74 Å². The molecule has 2 heterocycles. The second kappa shape index (κ2) is 7.68. The van der Waals surface area contributed by atoms with Crippen molar-refractivity contribution >= 4 is 17.7 Å². The van der Waals surface area contributed by atoms with Crippen LogP contribution in [-0.4, -0.2) is 65.8 Å². The van der Waals surface area contributed by atoms with E-state index < -0.39 is 5.60 Å². The molecule has 1 amide bonds. The third-order valence-corrected chi connectivity index (χ3v) is 3.98. The average molecular weight is 335 g/mol. The standard InChI is InChI=1S/C17H29N5O2/c1-6-20(7-2)14-12-15(19-13-18-14)21-8-10-22(11-9-21)16(23)24-17(3,4)5/h12-13H,6-11H2,1-5H3. The Hall–Kier alpha value is -2.05. The number of rotatable bonds is 4. The lowest BCUT2D eigenvalue weighted by atomic mass is 10.2. The summed E-state index contributed by atoms with van der Waals surface area (Å²) in [5.74, 6) is 1.86. The Bertz CT molecular complexity index is 546. The van der Waals surface area contributed by atoms with Gasteiger partial charge in [-0.25, -0.2) is 14.8 Å². The van der Waals surface area contributed by atoms with E-state index in [1.165, 1.54) is 0 Å². The molecule has 24 heavy (non-hydrogen) atoms. The fourth-order valence-corrected chi connectivity index (χ4v) is 2.68. The summed E-state index contributed by atoms with van der Waals surface area (Å²) in [4.78, 5) is 27.0. The van der Waals surface area contributed by atoms with Gasteiger partial charge in [0, 0.05) is 45.3 Å². The summed E-state index contributed by atoms with van der Waals surface area (Å²) in [5.41, 5.74) is -0.459. The largest absolute Gasteiger partial charge is 0.444 e. The highest BCUT2D eigenvalue weighted by Gasteiger charge is 2.26. The van der Waals surface area contributed by atoms with Gasteiger partial charge in [-0.3, -0.25) is 0 Å². The van der Waals surface area contributed by atoms with Crippen molar-refractivity contribution < 1.29 is 9.53 Å². The van der Waals surface area contributed by atoms with Crippen LogP contribution in [0.25, 0.3) is 0 Å². The number of aromatic nitrogens is 2. The van der Waals surface area contributed by atoms with Crippen molar-refractivity contribution in [2.45, 2.75) is 40.2 Å². The molecule has 1 aliphatic rings. The number of nitrogens with zero attached hydrogens (tertiary/aromatic N) is 5. The molecule has 7 nitrogen and oxygen atoms in total. The predicted octanol–water partition coefficient (Wildman–Crippen LogP) is 2.38. The number of hydrogen-bond donors (Lipinski definition) is 0. The summed E-state index contributed by atoms with van der Waals surface area (Å²) in [6.45, 7) is 14.5. The Kier molecular flexibility index (Phi) is 5.85. The number of hydrogen-bond acceptors (Lipinski definition) is 6. The average Bonchev–Trinajstić information content (AvgIpc) is 2.55. The van der Waals surface area contributed by atoms with Crippen LogP contribution in [0.5, 0.6) is 0 Å². The first-order valence-electron chi connectivity index (χ1n) is 8.64. The van der Waals surface area contributed by atoms with E-state index in [0.717, 1.165) is 37.8 Å². The molecule has 2 rings (SSSR count). The zero-order chi connectivity index (χ0) is 17.7. The lowest BCUT2D eigenvalue weighted by Crippen LogP contribution is -2.50. The van der Waals surface area contributed by atoms with Gasteiger partial charge in [-0.1, -0.05) is 0 Å². The van der Waals surface area contributed by atoms with Gasteiger partial charge in [0.05, 0.1) is 0 Å². The first-order chi connectivity index (χ1) is 11.3. The molecule has 0 N–H and O–H groups in total. The highest BCUT2D eigenvalue weighted by molar-refractivity contribution is 5.68. The van der Waals surface area contributed by atoms with Crippen molar-refractivity contribution in [3.05, 3.63) is 12.4 Å². The normalized spacial score (nSPS) is 15.4. The molecule has 0 aromatic carbocycles. The number of anilines is 2. The summed E-state index contributed by atoms with van der Waals surface area (Å²) in [6.07, 6.45) is 1.37. The Morgan fingerprint density at radius 3 is 2.33 bits per heavy atom. The van der Waals surface area contributed by atoms with Crippen LogP contribution in [0.15, 0.2) is 12.4 Å². The Morgan fingerprint density at radius 1 is 1.17 bits per heavy atom. The third-order valence-electron chi connectivity index (χ3n) is 3.98. The van der Waals surface area contributed by atoms with Gasteiger partial charge in [0.2, 0.25) is 0 Å². The van der Waals surface area contributed by atoms with Crippen LogP contribution < -0.4 is 9.80 Å². The summed E-state index contributed by atoms with van der Waals surface area (Å²) < 4.78 is 5.43. The SMILES string of the molecule is CCN(CC)c1cc(N2CCN(C(=O)OC(C)(C)C)CC2)ncn1. The molecule has 0 atom stereocenters. The van der Waals surface area contributed by atoms with E-state index in [-0.39, 0.29) is 6.09 Å². The van der Waals surface area contributed by atoms with Gasteiger partial charge >= 0.3 is 6.09 Å². The van der Waals surface area contributed by atoms with E-state index in [4.69, 9.17) is 4.74 Å². The second-order valence-corrected chi connectivity index (χ2v) is 6.86. The number of carbonyl (C=O) groups excluding carboxylic acids is 1. The fourth-order valence-electron chi connectivity index (χ4n) is 2.68. The molecule has 7 heteroatoms. The van der Waals surface area contributed by atoms with Crippen molar-refractivity contribution in [3.63, 3.8) is 0 Å². The van der Waals surface area contributed by atoms with Crippen molar-refractivity contribution in [2.24, 2.45) is 0 Å². The van der Waals surface area contributed by atoms with Crippen LogP contribution >= 0.6 is 0 Å². The summed E-state index contributed by atoms with van der Waals surface area (Å²) in [5, 5.41) is 0. The Morgan fingerprint density at radius 2 is 1.79 bits per heavy atom. The van der Waals surface area contributed by atoms with E-state index in [1.54, 1.807) is 11.2 Å². The van der Waals surface area contributed by atoms with E-state index in [1.807, 2.05) is 26.8 Å². The predicted molar refractivity (Wildman–Crippen MR) is 95.6 cm³/mol. The van der Waals surface area contributed by atoms with E-state index in [0.29, 0.717) is 13.1 Å². The minimum Gasteiger partial charge on any atom is -0.444 e. The molecule has 0 bridgehead atoms. The molecule has 1 aromatic rings. The maximum absolute atomic E-state index is 12.1. The zero-order valence-corrected chi connectivity index (χ0v) is 15.4. The smallest absolute Gasteiger partial charge is 0.410 e. The third kappa shape index (κ3) is 4.72. The van der Waals surface area contributed by atoms with Gasteiger partial charge < -0.3 is 19.4 Å². The highest BCUT2D eigenvalue weighted by atomic mass is 16.6. The van der Waals surface area contributed by atoms with Crippen LogP contribution in [0.2, 0.25) is 0 Å². The van der Waals surface area contributed by atoms with Gasteiger partial charge in [0.25, 0.3) is 0 Å². The highest BCUT2D eigenvalue weighted by Crippen LogP contribution is 2.19. The quantitative estimate of drug-likeness (QED) is 0.842. The Labute approximate surface area is 144 Å². The van der Waals surface area contributed by atoms with Gasteiger partial charge in [0.15, 0.2) is 0 Å². The molecule has 0 radical (unpaired) electrons. The van der Waals surface area contributed by atoms with Crippen molar-refractivity contribution in [1.29, 1.82) is 0 Å². The lowest BCUT2D eigenvalue weighted by Gasteiger charge is -2.36. The van der Waals surface area contributed by atoms with E-state index >= 15 is 0 Å². The van der Waals surface area contributed by atoms with Crippen LogP contribution in [0.3, 0.4) is 0 Å². The van der Waals surface area contributed by atoms with Crippen molar-refractivity contribution in [3.8, 4) is 0 Å². The molecule has 0 spiro atoms. The first kappa shape index (κ1) is 18.3. The molecule has 1 aliphatic heterocycles. The first-order valence-corrected chi connectivity index (χ1v) is 8.64. The van der Waals surface area contributed by atoms with E-state index in [2.05, 4.69) is 33.6 Å². The molecular formula is C17H29N5O2. The Balaban J connectivity index is 1.97. The molecule has 134 valence electrons. The lowest BCUT2D eigenvalue weighted by molar-refractivity contribution is 0.0240. The second-order valence-electron chi connectivity index (χ2n) is 6.86. The van der Waals surface area contributed by atoms with Gasteiger partial charge in [-0.05, 0) is 34.6 Å². The topological polar surface area (TPSA) is 61.8 Å². The summed E-state index contributed by atoms with van der Waals surface area (Å²) in [6, 6.07) is 2.02. The summed E-state index contributed by atoms with van der Waals surface area (Å²) >= 11 is 0. The minimum atomic E-state index is -0.459. The van der Waals surface area contributed by atoms with Crippen LogP contribution in [0, 0.1) is 0 Å². The van der Waals surface area contributed by atoms with Gasteiger partial charge in [-0.2, -0.15) is 0 Å². The minimum absolute atomic E-state index is 0.242. The number of amides is 1. The van der Waals surface area contributed by atoms with Crippen molar-refractivity contribution in [1.82, 2.24) is 14.9 Å². The maximum Gasteiger partial charge on any atom is 0.410 e. The zero-order valence-electron chi connectivity index (χ0n) is 15.4. The van der Waals surface area contributed by atoms with Crippen LogP contribution in [0.1, 0.15) is 34.6 Å². The fraction of sp³-hybridized carbons (Fsp3) is 0.706. The number of piperazine rings is 1. The monoisotopic (exact) mass is 335 g/mol. The molecule has 1 saturated heterocycles. The molecule has 0 unspecified atom stereocenters. The van der Waals surface area contributed by atoms with Crippen LogP contribution in [0.4, 0.5) is 16.4 Å². The van der Waals surface area contributed by atoms with Gasteiger partial charge in [0.1, 0.15) is 23.6 Å². The number of ether oxygens (including phenoxy) is 1. The maximum atomic E-state index is 12.1. The molecule has 1 aromatic heterocycles. The van der Waals surface area contributed by atoms with Gasteiger partial charge in [-0.15, -0.1) is 0 Å². The molecular weight excluding hydrogens is 306 g/mol. The van der Waals surface area contributed by atoms with Crippen molar-refractivity contribution in [2.75, 3.05) is 49.1 Å². The molecule has 0 aliphatic carbocycles. The number of carbonyl (C=O) groups is 1. The molecule has 0 saturated carbocycles. The van der Waals surface area contributed by atoms with E-state index in [9.17, 15) is 4.79 Å². The summed E-state index contributed by atoms with van der Waals surface area (Å²) in [7, 11) is 0. The molecule has 1 fully saturated rings.